The molecular weight excluding hydrogens is 461 g/mol. The SMILES string of the molecule is Cc1cc(I)ccc1NS(=O)(=O)c1cc(C)c(Br)s1. The number of thiophene rings is 1. The molecule has 1 aromatic heterocycles. The quantitative estimate of drug-likeness (QED) is 0.668. The van der Waals surface area contributed by atoms with E-state index in [0.717, 1.165) is 18.5 Å². The molecule has 2 rings (SSSR count). The van der Waals surface area contributed by atoms with Gasteiger partial charge in [-0.15, -0.1) is 11.3 Å². The largest absolute Gasteiger partial charge is 0.279 e. The van der Waals surface area contributed by atoms with Crippen LogP contribution < -0.4 is 4.72 Å². The van der Waals surface area contributed by atoms with Crippen molar-refractivity contribution >= 4 is 65.6 Å². The van der Waals surface area contributed by atoms with E-state index in [1.807, 2.05) is 26.0 Å². The van der Waals surface area contributed by atoms with E-state index in [1.165, 1.54) is 11.3 Å². The van der Waals surface area contributed by atoms with E-state index < -0.39 is 10.0 Å². The first-order chi connectivity index (χ1) is 8.79. The van der Waals surface area contributed by atoms with E-state index >= 15 is 0 Å². The second-order valence-electron chi connectivity index (χ2n) is 4.09. The maximum absolute atomic E-state index is 12.3. The van der Waals surface area contributed by atoms with E-state index in [1.54, 1.807) is 12.1 Å². The fourth-order valence-electron chi connectivity index (χ4n) is 1.50. The molecule has 0 amide bonds. The summed E-state index contributed by atoms with van der Waals surface area (Å²) < 4.78 is 29.4. The second-order valence-corrected chi connectivity index (χ2v) is 9.61. The van der Waals surface area contributed by atoms with Crippen LogP contribution in [0.2, 0.25) is 0 Å². The lowest BCUT2D eigenvalue weighted by molar-refractivity contribution is 0.603. The molecule has 0 fully saturated rings. The molecule has 7 heteroatoms. The zero-order valence-electron chi connectivity index (χ0n) is 10.2. The van der Waals surface area contributed by atoms with Gasteiger partial charge in [-0.1, -0.05) is 0 Å². The van der Waals surface area contributed by atoms with Gasteiger partial charge in [-0.3, -0.25) is 4.72 Å². The molecule has 1 aromatic carbocycles. The van der Waals surface area contributed by atoms with Crippen LogP contribution in [0.5, 0.6) is 0 Å². The predicted molar refractivity (Wildman–Crippen MR) is 91.5 cm³/mol. The number of sulfonamides is 1. The number of anilines is 1. The summed E-state index contributed by atoms with van der Waals surface area (Å²) in [5.74, 6) is 0. The second kappa shape index (κ2) is 5.71. The fourth-order valence-corrected chi connectivity index (χ4v) is 5.50. The lowest BCUT2D eigenvalue weighted by Crippen LogP contribution is -2.12. The molecule has 0 unspecified atom stereocenters. The Hall–Kier alpha value is -0.120. The van der Waals surface area contributed by atoms with E-state index in [9.17, 15) is 8.42 Å². The molecule has 1 heterocycles. The Morgan fingerprint density at radius 1 is 1.21 bits per heavy atom. The summed E-state index contributed by atoms with van der Waals surface area (Å²) in [6, 6.07) is 7.26. The number of aryl methyl sites for hydroxylation is 2. The van der Waals surface area contributed by atoms with E-state index in [-0.39, 0.29) is 0 Å². The van der Waals surface area contributed by atoms with Crippen LogP contribution in [-0.2, 0) is 10.0 Å². The number of benzene rings is 1. The zero-order valence-corrected chi connectivity index (χ0v) is 15.6. The molecule has 3 nitrogen and oxygen atoms in total. The molecule has 19 heavy (non-hydrogen) atoms. The molecule has 0 atom stereocenters. The average molecular weight is 472 g/mol. The molecule has 0 saturated carbocycles. The number of rotatable bonds is 3. The van der Waals surface area contributed by atoms with Gasteiger partial charge in [0, 0.05) is 3.57 Å². The van der Waals surface area contributed by atoms with Crippen molar-refractivity contribution in [1.82, 2.24) is 0 Å². The summed E-state index contributed by atoms with van der Waals surface area (Å²) in [6.07, 6.45) is 0. The van der Waals surface area contributed by atoms with Crippen LogP contribution >= 0.6 is 49.9 Å². The molecule has 0 aliphatic heterocycles. The molecule has 0 saturated heterocycles. The summed E-state index contributed by atoms with van der Waals surface area (Å²) in [5.41, 5.74) is 2.44. The highest BCUT2D eigenvalue weighted by atomic mass is 127. The van der Waals surface area contributed by atoms with Crippen LogP contribution in [0.3, 0.4) is 0 Å². The van der Waals surface area contributed by atoms with E-state index in [2.05, 4.69) is 43.2 Å². The Morgan fingerprint density at radius 2 is 1.89 bits per heavy atom. The van der Waals surface area contributed by atoms with Gasteiger partial charge >= 0.3 is 0 Å². The molecule has 0 spiro atoms. The van der Waals surface area contributed by atoms with Crippen molar-refractivity contribution in [2.75, 3.05) is 4.72 Å². The van der Waals surface area contributed by atoms with Crippen LogP contribution in [0, 0.1) is 17.4 Å². The highest BCUT2D eigenvalue weighted by molar-refractivity contribution is 14.1. The number of hydrogen-bond acceptors (Lipinski definition) is 3. The number of halogens is 2. The van der Waals surface area contributed by atoms with Crippen LogP contribution in [0.4, 0.5) is 5.69 Å². The van der Waals surface area contributed by atoms with Crippen molar-refractivity contribution in [3.8, 4) is 0 Å². The smallest absolute Gasteiger partial charge is 0.271 e. The van der Waals surface area contributed by atoms with Crippen molar-refractivity contribution in [2.45, 2.75) is 18.1 Å². The van der Waals surface area contributed by atoms with Gasteiger partial charge in [0.25, 0.3) is 10.0 Å². The third-order valence-electron chi connectivity index (χ3n) is 2.53. The number of hydrogen-bond donors (Lipinski definition) is 1. The van der Waals surface area contributed by atoms with Gasteiger partial charge in [-0.05, 0) is 87.8 Å². The Kier molecular flexibility index (Phi) is 4.59. The zero-order chi connectivity index (χ0) is 14.2. The molecule has 0 aliphatic rings. The molecule has 1 N–H and O–H groups in total. The minimum atomic E-state index is -3.51. The van der Waals surface area contributed by atoms with E-state index in [4.69, 9.17) is 0 Å². The number of nitrogens with one attached hydrogen (secondary N) is 1. The van der Waals surface area contributed by atoms with Gasteiger partial charge in [0.1, 0.15) is 4.21 Å². The van der Waals surface area contributed by atoms with Crippen LogP contribution in [-0.4, -0.2) is 8.42 Å². The van der Waals surface area contributed by atoms with Crippen molar-refractivity contribution in [1.29, 1.82) is 0 Å². The van der Waals surface area contributed by atoms with E-state index in [0.29, 0.717) is 9.90 Å². The first-order valence-electron chi connectivity index (χ1n) is 5.34. The molecule has 0 aliphatic carbocycles. The molecule has 102 valence electrons. The highest BCUT2D eigenvalue weighted by Gasteiger charge is 2.19. The Morgan fingerprint density at radius 3 is 2.42 bits per heavy atom. The molecule has 2 aromatic rings. The van der Waals surface area contributed by atoms with Crippen LogP contribution in [0.1, 0.15) is 11.1 Å². The van der Waals surface area contributed by atoms with Crippen molar-refractivity contribution in [3.05, 3.63) is 42.7 Å². The Labute approximate surface area is 138 Å². The monoisotopic (exact) mass is 471 g/mol. The summed E-state index contributed by atoms with van der Waals surface area (Å²) in [5, 5.41) is 0. The van der Waals surface area contributed by atoms with Gasteiger partial charge in [0.05, 0.1) is 9.47 Å². The molecule has 0 radical (unpaired) electrons. The van der Waals surface area contributed by atoms with Gasteiger partial charge in [-0.25, -0.2) is 8.42 Å². The maximum atomic E-state index is 12.3. The topological polar surface area (TPSA) is 46.2 Å². The predicted octanol–water partition coefficient (Wildman–Crippen LogP) is 4.53. The lowest BCUT2D eigenvalue weighted by Gasteiger charge is -2.09. The summed E-state index contributed by atoms with van der Waals surface area (Å²) in [7, 11) is -3.51. The summed E-state index contributed by atoms with van der Waals surface area (Å²) in [6.45, 7) is 3.76. The van der Waals surface area contributed by atoms with Crippen LogP contribution in [0.25, 0.3) is 0 Å². The Balaban J connectivity index is 2.36. The van der Waals surface area contributed by atoms with Crippen molar-refractivity contribution in [2.24, 2.45) is 0 Å². The first kappa shape index (κ1) is 15.3. The molecule has 0 bridgehead atoms. The highest BCUT2D eigenvalue weighted by Crippen LogP contribution is 2.32. The van der Waals surface area contributed by atoms with Crippen molar-refractivity contribution in [3.63, 3.8) is 0 Å². The fraction of sp³-hybridized carbons (Fsp3) is 0.167. The van der Waals surface area contributed by atoms with Crippen LogP contribution in [0.15, 0.2) is 32.3 Å². The standard InChI is InChI=1S/C12H11BrINO2S2/c1-7-5-9(14)3-4-10(7)15-19(16,17)11-6-8(2)12(13)18-11/h3-6,15H,1-2H3. The minimum Gasteiger partial charge on any atom is -0.279 e. The maximum Gasteiger partial charge on any atom is 0.271 e. The minimum absolute atomic E-state index is 0.315. The molecular formula is C12H11BrINO2S2. The van der Waals surface area contributed by atoms with Gasteiger partial charge < -0.3 is 0 Å². The first-order valence-corrected chi connectivity index (χ1v) is 9.51. The third-order valence-corrected chi connectivity index (χ3v) is 7.18. The summed E-state index contributed by atoms with van der Waals surface area (Å²) >= 11 is 6.75. The van der Waals surface area contributed by atoms with Gasteiger partial charge in [-0.2, -0.15) is 0 Å². The average Bonchev–Trinajstić information content (AvgIpc) is 2.64. The Bertz CT molecular complexity index is 706. The summed E-state index contributed by atoms with van der Waals surface area (Å²) in [4.78, 5) is 0. The normalized spacial score (nSPS) is 11.6. The van der Waals surface area contributed by atoms with Crippen molar-refractivity contribution < 1.29 is 8.42 Å². The van der Waals surface area contributed by atoms with Gasteiger partial charge in [0.15, 0.2) is 0 Å². The van der Waals surface area contributed by atoms with Gasteiger partial charge in [0.2, 0.25) is 0 Å². The third kappa shape index (κ3) is 3.50. The lowest BCUT2D eigenvalue weighted by atomic mass is 10.2.